The van der Waals surface area contributed by atoms with Crippen LogP contribution in [0.2, 0.25) is 0 Å². The van der Waals surface area contributed by atoms with Crippen molar-refractivity contribution in [2.75, 3.05) is 38.1 Å². The van der Waals surface area contributed by atoms with E-state index in [1.807, 2.05) is 13.2 Å². The number of aliphatic imine (C=N–C) groups is 1. The first-order valence-electron chi connectivity index (χ1n) is 8.14. The van der Waals surface area contributed by atoms with E-state index in [0.29, 0.717) is 0 Å². The molecule has 7 nitrogen and oxygen atoms in total. The first-order valence-corrected chi connectivity index (χ1v) is 9.73. The van der Waals surface area contributed by atoms with E-state index in [4.69, 9.17) is 0 Å². The maximum atomic E-state index is 4.58. The second-order valence-electron chi connectivity index (χ2n) is 5.59. The monoisotopic (exact) mass is 493 g/mol. The lowest BCUT2D eigenvalue weighted by Gasteiger charge is -2.36. The third-order valence-corrected chi connectivity index (χ3v) is 5.63. The van der Waals surface area contributed by atoms with E-state index >= 15 is 0 Å². The van der Waals surface area contributed by atoms with Crippen LogP contribution in [-0.2, 0) is 13.0 Å². The molecule has 1 N–H and O–H groups in total. The Labute approximate surface area is 173 Å². The summed E-state index contributed by atoms with van der Waals surface area (Å²) in [6.07, 6.45) is 2.80. The minimum Gasteiger partial charge on any atom is -0.350 e. The maximum absolute atomic E-state index is 4.58. The van der Waals surface area contributed by atoms with Gasteiger partial charge in [0.15, 0.2) is 5.96 Å². The molecule has 0 atom stereocenters. The number of guanidine groups is 1. The van der Waals surface area contributed by atoms with Crippen molar-refractivity contribution in [3.8, 4) is 0 Å². The summed E-state index contributed by atoms with van der Waals surface area (Å²) >= 11 is 3.22. The van der Waals surface area contributed by atoms with Gasteiger partial charge in [-0.1, -0.05) is 6.92 Å². The van der Waals surface area contributed by atoms with E-state index in [0.717, 1.165) is 61.1 Å². The first-order chi connectivity index (χ1) is 11.7. The summed E-state index contributed by atoms with van der Waals surface area (Å²) in [5.41, 5.74) is 0. The maximum Gasteiger partial charge on any atom is 0.205 e. The number of thiazole rings is 1. The molecular formula is C15H24IN7S2. The SMILES string of the molecule is CCc1nsc(N2CCN(C(=NC)NCc3ncc(C)s3)CC2)n1.I. The van der Waals surface area contributed by atoms with Crippen molar-refractivity contribution in [1.82, 2.24) is 24.6 Å². The Morgan fingerprint density at radius 3 is 2.64 bits per heavy atom. The average Bonchev–Trinajstić information content (AvgIpc) is 3.25. The smallest absolute Gasteiger partial charge is 0.205 e. The Morgan fingerprint density at radius 1 is 1.32 bits per heavy atom. The zero-order valence-electron chi connectivity index (χ0n) is 14.7. The fourth-order valence-corrected chi connectivity index (χ4v) is 4.12. The number of aromatic nitrogens is 3. The van der Waals surface area contributed by atoms with Gasteiger partial charge in [0.25, 0.3) is 0 Å². The summed E-state index contributed by atoms with van der Waals surface area (Å²) in [5, 5.41) is 5.54. The number of nitrogens with zero attached hydrogens (tertiary/aromatic N) is 6. The fraction of sp³-hybridized carbons (Fsp3) is 0.600. The summed E-state index contributed by atoms with van der Waals surface area (Å²) in [5.74, 6) is 1.88. The number of hydrogen-bond donors (Lipinski definition) is 1. The minimum atomic E-state index is 0. The number of halogens is 1. The highest BCUT2D eigenvalue weighted by Gasteiger charge is 2.22. The van der Waals surface area contributed by atoms with E-state index in [1.54, 1.807) is 11.3 Å². The highest BCUT2D eigenvalue weighted by Crippen LogP contribution is 2.19. The van der Waals surface area contributed by atoms with Crippen molar-refractivity contribution in [2.24, 2.45) is 4.99 Å². The largest absolute Gasteiger partial charge is 0.350 e. The molecule has 2 aromatic rings. The van der Waals surface area contributed by atoms with Crippen molar-refractivity contribution < 1.29 is 0 Å². The van der Waals surface area contributed by atoms with Gasteiger partial charge in [0.2, 0.25) is 5.13 Å². The second-order valence-corrected chi connectivity index (χ2v) is 7.64. The fourth-order valence-electron chi connectivity index (χ4n) is 2.60. The van der Waals surface area contributed by atoms with Crippen LogP contribution in [0.5, 0.6) is 0 Å². The third-order valence-electron chi connectivity index (χ3n) is 3.90. The number of hydrogen-bond acceptors (Lipinski definition) is 7. The predicted octanol–water partition coefficient (Wildman–Crippen LogP) is 2.38. The van der Waals surface area contributed by atoms with Gasteiger partial charge in [-0.05, 0) is 6.92 Å². The average molecular weight is 493 g/mol. The molecule has 0 bridgehead atoms. The molecule has 3 rings (SSSR count). The zero-order valence-corrected chi connectivity index (χ0v) is 18.7. The molecule has 25 heavy (non-hydrogen) atoms. The van der Waals surface area contributed by atoms with Crippen LogP contribution in [0, 0.1) is 6.92 Å². The van der Waals surface area contributed by atoms with E-state index in [2.05, 4.69) is 48.3 Å². The van der Waals surface area contributed by atoms with E-state index in [-0.39, 0.29) is 24.0 Å². The highest BCUT2D eigenvalue weighted by atomic mass is 127. The summed E-state index contributed by atoms with van der Waals surface area (Å²) in [4.78, 5) is 19.2. The molecule has 138 valence electrons. The molecule has 0 radical (unpaired) electrons. The topological polar surface area (TPSA) is 69.5 Å². The molecule has 2 aromatic heterocycles. The molecule has 1 saturated heterocycles. The van der Waals surface area contributed by atoms with E-state index < -0.39 is 0 Å². The highest BCUT2D eigenvalue weighted by molar-refractivity contribution is 14.0. The molecule has 0 unspecified atom stereocenters. The van der Waals surface area contributed by atoms with Crippen LogP contribution in [0.3, 0.4) is 0 Å². The number of piperazine rings is 1. The van der Waals surface area contributed by atoms with Gasteiger partial charge in [-0.2, -0.15) is 4.37 Å². The predicted molar refractivity (Wildman–Crippen MR) is 116 cm³/mol. The van der Waals surface area contributed by atoms with Gasteiger partial charge in [-0.3, -0.25) is 4.99 Å². The van der Waals surface area contributed by atoms with Crippen molar-refractivity contribution in [3.05, 3.63) is 21.9 Å². The zero-order chi connectivity index (χ0) is 16.9. The summed E-state index contributed by atoms with van der Waals surface area (Å²) in [6.45, 7) is 8.62. The molecule has 0 saturated carbocycles. The second kappa shape index (κ2) is 9.62. The number of anilines is 1. The van der Waals surface area contributed by atoms with Crippen molar-refractivity contribution in [2.45, 2.75) is 26.8 Å². The Balaban J connectivity index is 0.00000225. The van der Waals surface area contributed by atoms with E-state index in [9.17, 15) is 0 Å². The summed E-state index contributed by atoms with van der Waals surface area (Å²) in [7, 11) is 1.83. The Kier molecular flexibility index (Phi) is 7.81. The quantitative estimate of drug-likeness (QED) is 0.401. The lowest BCUT2D eigenvalue weighted by Crippen LogP contribution is -2.52. The van der Waals surface area contributed by atoms with Gasteiger partial charge in [-0.25, -0.2) is 9.97 Å². The van der Waals surface area contributed by atoms with E-state index in [1.165, 1.54) is 16.4 Å². The molecule has 0 aliphatic carbocycles. The molecule has 1 aliphatic rings. The number of rotatable bonds is 4. The van der Waals surface area contributed by atoms with Gasteiger partial charge < -0.3 is 15.1 Å². The van der Waals surface area contributed by atoms with Crippen LogP contribution >= 0.6 is 46.8 Å². The molecule has 3 heterocycles. The number of aryl methyl sites for hydroxylation is 2. The van der Waals surface area contributed by atoms with Crippen LogP contribution < -0.4 is 10.2 Å². The standard InChI is InChI=1S/C15H23N7S2.HI/c1-4-12-19-15(24-20-12)22-7-5-21(6-8-22)14(16-3)18-10-13-17-9-11(2)23-13;/h9H,4-8,10H2,1-3H3,(H,16,18);1H. The lowest BCUT2D eigenvalue weighted by molar-refractivity contribution is 0.372. The molecule has 10 heteroatoms. The van der Waals surface area contributed by atoms with Crippen LogP contribution in [0.1, 0.15) is 22.6 Å². The molecule has 0 amide bonds. The van der Waals surface area contributed by atoms with Gasteiger partial charge in [0.1, 0.15) is 10.8 Å². The van der Waals surface area contributed by atoms with Crippen LogP contribution in [0.4, 0.5) is 5.13 Å². The molecule has 1 fully saturated rings. The molecule has 0 spiro atoms. The molecular weight excluding hydrogens is 469 g/mol. The third kappa shape index (κ3) is 5.23. The molecule has 1 aliphatic heterocycles. The van der Waals surface area contributed by atoms with Crippen LogP contribution in [-0.4, -0.2) is 58.4 Å². The number of nitrogens with one attached hydrogen (secondary N) is 1. The van der Waals surface area contributed by atoms with Gasteiger partial charge in [0.05, 0.1) is 6.54 Å². The van der Waals surface area contributed by atoms with Crippen LogP contribution in [0.15, 0.2) is 11.2 Å². The van der Waals surface area contributed by atoms with Crippen LogP contribution in [0.25, 0.3) is 0 Å². The molecule has 0 aromatic carbocycles. The van der Waals surface area contributed by atoms with Crippen molar-refractivity contribution in [3.63, 3.8) is 0 Å². The van der Waals surface area contributed by atoms with Gasteiger partial charge >= 0.3 is 0 Å². The Bertz CT molecular complexity index is 692. The van der Waals surface area contributed by atoms with Crippen molar-refractivity contribution in [1.29, 1.82) is 0 Å². The first kappa shape index (κ1) is 20.3. The summed E-state index contributed by atoms with van der Waals surface area (Å²) < 4.78 is 4.38. The van der Waals surface area contributed by atoms with Crippen molar-refractivity contribution >= 4 is 57.9 Å². The Morgan fingerprint density at radius 2 is 2.08 bits per heavy atom. The normalized spacial score (nSPS) is 15.2. The van der Waals surface area contributed by atoms with Gasteiger partial charge in [0, 0.05) is 62.3 Å². The summed E-state index contributed by atoms with van der Waals surface area (Å²) in [6, 6.07) is 0. The minimum absolute atomic E-state index is 0. The Hall–Kier alpha value is -1.01. The van der Waals surface area contributed by atoms with Gasteiger partial charge in [-0.15, -0.1) is 35.3 Å². The lowest BCUT2D eigenvalue weighted by atomic mass is 10.3.